The van der Waals surface area contributed by atoms with Crippen LogP contribution in [-0.4, -0.2) is 45.4 Å². The lowest BCUT2D eigenvalue weighted by Crippen LogP contribution is -3.10. The van der Waals surface area contributed by atoms with E-state index in [0.29, 0.717) is 5.56 Å². The molecule has 0 unspecified atom stereocenters. The fourth-order valence-corrected chi connectivity index (χ4v) is 4.15. The molecule has 1 aliphatic heterocycles. The minimum atomic E-state index is -0.229. The fourth-order valence-electron chi connectivity index (χ4n) is 4.15. The van der Waals surface area contributed by atoms with Gasteiger partial charge in [-0.2, -0.15) is 0 Å². The van der Waals surface area contributed by atoms with E-state index in [1.807, 2.05) is 28.9 Å². The Balaban J connectivity index is 1.89. The summed E-state index contributed by atoms with van der Waals surface area (Å²) >= 11 is 0. The van der Waals surface area contributed by atoms with Crippen molar-refractivity contribution in [2.75, 3.05) is 20.2 Å². The highest BCUT2D eigenvalue weighted by Gasteiger charge is 2.38. The Hall–Kier alpha value is -2.74. The molecule has 0 aliphatic carbocycles. The van der Waals surface area contributed by atoms with Crippen molar-refractivity contribution in [3.63, 3.8) is 0 Å². The van der Waals surface area contributed by atoms with Crippen molar-refractivity contribution < 1.29 is 9.64 Å². The third-order valence-corrected chi connectivity index (χ3v) is 6.24. The normalized spacial score (nSPS) is 16.4. The minimum absolute atomic E-state index is 0.0981. The van der Waals surface area contributed by atoms with Gasteiger partial charge in [-0.3, -0.25) is 4.79 Å². The number of benzene rings is 1. The van der Waals surface area contributed by atoms with E-state index in [2.05, 4.69) is 41.3 Å². The molecule has 29 heavy (non-hydrogen) atoms. The summed E-state index contributed by atoms with van der Waals surface area (Å²) in [6.07, 6.45) is 3.18. The number of methoxy groups -OCH3 is 1. The number of hydrogen-bond acceptors (Lipinski definition) is 5. The molecule has 0 spiro atoms. The van der Waals surface area contributed by atoms with E-state index in [0.717, 1.165) is 54.8 Å². The van der Waals surface area contributed by atoms with Gasteiger partial charge >= 0.3 is 0 Å². The van der Waals surface area contributed by atoms with Crippen LogP contribution >= 0.6 is 0 Å². The monoisotopic (exact) mass is 397 g/mol. The average molecular weight is 398 g/mol. The number of H-pyrrole nitrogens is 1. The first-order valence-electron chi connectivity index (χ1n) is 10.3. The smallest absolute Gasteiger partial charge is 0.258 e. The fraction of sp³-hybridized carbons (Fsp3) is 0.524. The van der Waals surface area contributed by atoms with Crippen LogP contribution in [0.25, 0.3) is 10.9 Å². The highest BCUT2D eigenvalue weighted by molar-refractivity contribution is 5.80. The maximum absolute atomic E-state index is 13.2. The number of quaternary nitrogens is 1. The lowest BCUT2D eigenvalue weighted by molar-refractivity contribution is -0.914. The Morgan fingerprint density at radius 1 is 1.28 bits per heavy atom. The first-order chi connectivity index (χ1) is 13.9. The maximum Gasteiger partial charge on any atom is 0.258 e. The van der Waals surface area contributed by atoms with Crippen LogP contribution in [0.15, 0.2) is 29.1 Å². The number of pyridine rings is 1. The summed E-state index contributed by atoms with van der Waals surface area (Å²) in [7, 11) is 1.62. The molecule has 1 aromatic carbocycles. The molecule has 0 bridgehead atoms. The van der Waals surface area contributed by atoms with Crippen LogP contribution < -0.4 is 15.2 Å². The summed E-state index contributed by atoms with van der Waals surface area (Å²) in [5, 5.41) is 13.7. The summed E-state index contributed by atoms with van der Waals surface area (Å²) in [4.78, 5) is 17.6. The van der Waals surface area contributed by atoms with Crippen molar-refractivity contribution in [1.29, 1.82) is 0 Å². The molecule has 3 aromatic rings. The first kappa shape index (κ1) is 19.6. The average Bonchev–Trinajstić information content (AvgIpc) is 3.41. The largest absolute Gasteiger partial charge is 0.497 e. The van der Waals surface area contributed by atoms with Gasteiger partial charge in [0, 0.05) is 18.9 Å². The number of likely N-dealkylation sites (tertiary alicyclic amines) is 1. The molecule has 2 aromatic heterocycles. The van der Waals surface area contributed by atoms with Gasteiger partial charge in [0.05, 0.1) is 36.8 Å². The number of aromatic amines is 1. The van der Waals surface area contributed by atoms with E-state index in [-0.39, 0.29) is 17.1 Å². The van der Waals surface area contributed by atoms with Crippen molar-refractivity contribution in [1.82, 2.24) is 25.2 Å². The maximum atomic E-state index is 13.2. The quantitative estimate of drug-likeness (QED) is 0.657. The van der Waals surface area contributed by atoms with Gasteiger partial charge in [-0.05, 0) is 54.3 Å². The number of nitrogens with zero attached hydrogens (tertiary/aromatic N) is 4. The Morgan fingerprint density at radius 2 is 2.03 bits per heavy atom. The zero-order chi connectivity index (χ0) is 20.6. The van der Waals surface area contributed by atoms with E-state index in [4.69, 9.17) is 4.74 Å². The number of fused-ring (bicyclic) bond motifs is 1. The van der Waals surface area contributed by atoms with Crippen molar-refractivity contribution in [2.24, 2.45) is 0 Å². The first-order valence-corrected chi connectivity index (χ1v) is 10.3. The highest BCUT2D eigenvalue weighted by atomic mass is 16.5. The molecule has 1 atom stereocenters. The molecule has 0 saturated carbocycles. The van der Waals surface area contributed by atoms with E-state index in [9.17, 15) is 4.79 Å². The molecule has 1 fully saturated rings. The molecule has 0 amide bonds. The Morgan fingerprint density at radius 3 is 2.72 bits per heavy atom. The van der Waals surface area contributed by atoms with Crippen LogP contribution in [0.1, 0.15) is 57.5 Å². The Kier molecular flexibility index (Phi) is 5.12. The van der Waals surface area contributed by atoms with E-state index < -0.39 is 0 Å². The second kappa shape index (κ2) is 7.59. The second-order valence-corrected chi connectivity index (χ2v) is 8.42. The molecule has 8 heteroatoms. The van der Waals surface area contributed by atoms with Crippen LogP contribution in [-0.2, 0) is 5.54 Å². The number of tetrazole rings is 1. The summed E-state index contributed by atoms with van der Waals surface area (Å²) in [6, 6.07) is 7.52. The Bertz CT molecular complexity index is 1060. The molecule has 154 valence electrons. The lowest BCUT2D eigenvalue weighted by atomic mass is 9.99. The molecule has 1 aliphatic rings. The number of rotatable bonds is 6. The third-order valence-electron chi connectivity index (χ3n) is 6.24. The molecule has 0 radical (unpaired) electrons. The standard InChI is InChI=1S/C21H28N6O2/c1-5-21(2,3)27-19(23-24-25-27)18(26-10-6-7-11-26)16-12-14-8-9-15(29-4)13-17(14)22-20(16)28/h8-9,12-13,18H,5-7,10-11H2,1-4H3,(H,22,28)/p+1/t18-/m1/s1. The van der Waals surface area contributed by atoms with Crippen LogP contribution in [0.5, 0.6) is 5.75 Å². The predicted molar refractivity (Wildman–Crippen MR) is 110 cm³/mol. The van der Waals surface area contributed by atoms with Crippen LogP contribution in [0.3, 0.4) is 0 Å². The summed E-state index contributed by atoms with van der Waals surface area (Å²) in [5.74, 6) is 1.48. The number of hydrogen-bond donors (Lipinski definition) is 2. The zero-order valence-corrected chi connectivity index (χ0v) is 17.5. The molecular weight excluding hydrogens is 368 g/mol. The third kappa shape index (κ3) is 3.53. The summed E-state index contributed by atoms with van der Waals surface area (Å²) in [6.45, 7) is 8.38. The number of ether oxygens (including phenoxy) is 1. The SMILES string of the molecule is CCC(C)(C)n1nnnc1[C@@H](c1cc2ccc(OC)cc2[nH]c1=O)[NH+]1CCCC1. The topological polar surface area (TPSA) is 90.1 Å². The van der Waals surface area contributed by atoms with E-state index in [1.165, 1.54) is 4.90 Å². The summed E-state index contributed by atoms with van der Waals surface area (Å²) < 4.78 is 7.19. The van der Waals surface area contributed by atoms with Crippen molar-refractivity contribution in [2.45, 2.75) is 51.6 Å². The molecule has 1 saturated heterocycles. The van der Waals surface area contributed by atoms with Gasteiger partial charge in [0.15, 0.2) is 6.04 Å². The van der Waals surface area contributed by atoms with Gasteiger partial charge < -0.3 is 14.6 Å². The van der Waals surface area contributed by atoms with Crippen LogP contribution in [0, 0.1) is 0 Å². The molecule has 3 heterocycles. The van der Waals surface area contributed by atoms with Gasteiger partial charge in [-0.25, -0.2) is 4.68 Å². The van der Waals surface area contributed by atoms with Crippen molar-refractivity contribution in [3.05, 3.63) is 46.0 Å². The minimum Gasteiger partial charge on any atom is -0.497 e. The van der Waals surface area contributed by atoms with Crippen molar-refractivity contribution >= 4 is 10.9 Å². The van der Waals surface area contributed by atoms with Gasteiger partial charge in [0.2, 0.25) is 5.82 Å². The molecule has 2 N–H and O–H groups in total. The predicted octanol–water partition coefficient (Wildman–Crippen LogP) is 1.44. The highest BCUT2D eigenvalue weighted by Crippen LogP contribution is 2.26. The molecular formula is C21H29N6O2+. The number of nitrogens with one attached hydrogen (secondary N) is 2. The molecule has 8 nitrogen and oxygen atoms in total. The zero-order valence-electron chi connectivity index (χ0n) is 17.5. The van der Waals surface area contributed by atoms with Gasteiger partial charge in [0.25, 0.3) is 5.56 Å². The van der Waals surface area contributed by atoms with E-state index >= 15 is 0 Å². The number of aromatic nitrogens is 5. The second-order valence-electron chi connectivity index (χ2n) is 8.42. The van der Waals surface area contributed by atoms with Gasteiger partial charge in [-0.1, -0.05) is 6.92 Å². The molecule has 4 rings (SSSR count). The van der Waals surface area contributed by atoms with Crippen LogP contribution in [0.2, 0.25) is 0 Å². The van der Waals surface area contributed by atoms with Crippen LogP contribution in [0.4, 0.5) is 0 Å². The Labute approximate surface area is 169 Å². The lowest BCUT2D eigenvalue weighted by Gasteiger charge is -2.29. The van der Waals surface area contributed by atoms with E-state index in [1.54, 1.807) is 7.11 Å². The summed E-state index contributed by atoms with van der Waals surface area (Å²) in [5.41, 5.74) is 1.15. The van der Waals surface area contributed by atoms with Crippen molar-refractivity contribution in [3.8, 4) is 5.75 Å². The van der Waals surface area contributed by atoms with Gasteiger partial charge in [0.1, 0.15) is 5.75 Å². The van der Waals surface area contributed by atoms with Gasteiger partial charge in [-0.15, -0.1) is 5.10 Å².